The molecule has 7 heteroatoms. The highest BCUT2D eigenvalue weighted by atomic mass is 19.1. The van der Waals surface area contributed by atoms with Crippen molar-refractivity contribution in [1.82, 2.24) is 14.8 Å². The van der Waals surface area contributed by atoms with Gasteiger partial charge in [-0.05, 0) is 38.0 Å². The van der Waals surface area contributed by atoms with Crippen molar-refractivity contribution in [2.75, 3.05) is 5.32 Å². The van der Waals surface area contributed by atoms with Gasteiger partial charge in [-0.25, -0.2) is 14.1 Å². The molecule has 1 N–H and O–H groups in total. The lowest BCUT2D eigenvalue weighted by molar-refractivity contribution is 0.0993. The van der Waals surface area contributed by atoms with Gasteiger partial charge in [0.15, 0.2) is 5.89 Å². The van der Waals surface area contributed by atoms with E-state index >= 15 is 0 Å². The Morgan fingerprint density at radius 2 is 2.21 bits per heavy atom. The Morgan fingerprint density at radius 3 is 2.96 bits per heavy atom. The first-order valence-corrected chi connectivity index (χ1v) is 7.70. The fourth-order valence-corrected chi connectivity index (χ4v) is 2.52. The molecule has 0 radical (unpaired) electrons. The SMILES string of the molecule is Cc1nc(C2CC2)oc1C(=O)Nc1ccnn1-c1cccc(F)c1. The van der Waals surface area contributed by atoms with E-state index in [-0.39, 0.29) is 11.6 Å². The van der Waals surface area contributed by atoms with Gasteiger partial charge in [-0.3, -0.25) is 4.79 Å². The highest BCUT2D eigenvalue weighted by molar-refractivity contribution is 6.02. The third-order valence-electron chi connectivity index (χ3n) is 3.88. The monoisotopic (exact) mass is 326 g/mol. The van der Waals surface area contributed by atoms with E-state index in [2.05, 4.69) is 15.4 Å². The van der Waals surface area contributed by atoms with Gasteiger partial charge in [-0.1, -0.05) is 6.07 Å². The van der Waals surface area contributed by atoms with Crippen molar-refractivity contribution in [3.63, 3.8) is 0 Å². The van der Waals surface area contributed by atoms with Crippen LogP contribution in [0.25, 0.3) is 5.69 Å². The lowest BCUT2D eigenvalue weighted by Crippen LogP contribution is -2.15. The number of carbonyl (C=O) groups is 1. The minimum Gasteiger partial charge on any atom is -0.435 e. The smallest absolute Gasteiger partial charge is 0.294 e. The summed E-state index contributed by atoms with van der Waals surface area (Å²) >= 11 is 0. The highest BCUT2D eigenvalue weighted by Crippen LogP contribution is 2.40. The number of rotatable bonds is 4. The molecule has 1 aromatic carbocycles. The van der Waals surface area contributed by atoms with Gasteiger partial charge < -0.3 is 9.73 Å². The lowest BCUT2D eigenvalue weighted by atomic mass is 10.3. The summed E-state index contributed by atoms with van der Waals surface area (Å²) in [5, 5.41) is 6.87. The molecular formula is C17H15FN4O2. The minimum absolute atomic E-state index is 0.198. The molecule has 0 atom stereocenters. The molecule has 1 aliphatic carbocycles. The third-order valence-corrected chi connectivity index (χ3v) is 3.88. The Bertz CT molecular complexity index is 911. The van der Waals surface area contributed by atoms with Crippen LogP contribution in [-0.4, -0.2) is 20.7 Å². The molecule has 2 heterocycles. The number of hydrogen-bond acceptors (Lipinski definition) is 4. The highest BCUT2D eigenvalue weighted by Gasteiger charge is 2.31. The Labute approximate surface area is 137 Å². The van der Waals surface area contributed by atoms with Crippen LogP contribution in [0.15, 0.2) is 40.9 Å². The minimum atomic E-state index is -0.398. The van der Waals surface area contributed by atoms with E-state index in [1.807, 2.05) is 0 Å². The molecule has 1 aliphatic rings. The van der Waals surface area contributed by atoms with E-state index < -0.39 is 5.91 Å². The van der Waals surface area contributed by atoms with E-state index in [4.69, 9.17) is 4.42 Å². The zero-order valence-electron chi connectivity index (χ0n) is 13.0. The van der Waals surface area contributed by atoms with Gasteiger partial charge in [0.2, 0.25) is 5.76 Å². The zero-order chi connectivity index (χ0) is 16.7. The number of nitrogens with one attached hydrogen (secondary N) is 1. The molecule has 6 nitrogen and oxygen atoms in total. The fourth-order valence-electron chi connectivity index (χ4n) is 2.52. The largest absolute Gasteiger partial charge is 0.435 e. The van der Waals surface area contributed by atoms with Crippen LogP contribution in [0.4, 0.5) is 10.2 Å². The second-order valence-corrected chi connectivity index (χ2v) is 5.80. The maximum absolute atomic E-state index is 13.4. The van der Waals surface area contributed by atoms with Crippen molar-refractivity contribution in [3.8, 4) is 5.69 Å². The predicted molar refractivity (Wildman–Crippen MR) is 84.7 cm³/mol. The summed E-state index contributed by atoms with van der Waals surface area (Å²) in [7, 11) is 0. The van der Waals surface area contributed by atoms with Gasteiger partial charge in [0.05, 0.1) is 17.6 Å². The number of amides is 1. The summed E-state index contributed by atoms with van der Waals surface area (Å²) in [6, 6.07) is 7.61. The molecule has 3 aromatic rings. The summed E-state index contributed by atoms with van der Waals surface area (Å²) in [4.78, 5) is 16.8. The second-order valence-electron chi connectivity index (χ2n) is 5.80. The van der Waals surface area contributed by atoms with E-state index in [0.29, 0.717) is 29.0 Å². The van der Waals surface area contributed by atoms with Crippen LogP contribution in [0.1, 0.15) is 40.9 Å². The first kappa shape index (κ1) is 14.6. The summed E-state index contributed by atoms with van der Waals surface area (Å²) in [5.41, 5.74) is 1.08. The molecule has 0 unspecified atom stereocenters. The van der Waals surface area contributed by atoms with Crippen molar-refractivity contribution in [2.45, 2.75) is 25.7 Å². The van der Waals surface area contributed by atoms with Crippen LogP contribution in [0, 0.1) is 12.7 Å². The number of oxazole rings is 1. The topological polar surface area (TPSA) is 73.0 Å². The van der Waals surface area contributed by atoms with Crippen LogP contribution in [0.3, 0.4) is 0 Å². The molecule has 1 amide bonds. The van der Waals surface area contributed by atoms with Crippen LogP contribution in [0.2, 0.25) is 0 Å². The molecule has 0 spiro atoms. The Balaban J connectivity index is 1.60. The van der Waals surface area contributed by atoms with Gasteiger partial charge >= 0.3 is 0 Å². The first-order valence-electron chi connectivity index (χ1n) is 7.70. The average molecular weight is 326 g/mol. The summed E-state index contributed by atoms with van der Waals surface area (Å²) in [6.07, 6.45) is 3.63. The molecule has 2 aromatic heterocycles. The normalized spacial score (nSPS) is 13.9. The number of aromatic nitrogens is 3. The van der Waals surface area contributed by atoms with E-state index in [9.17, 15) is 9.18 Å². The lowest BCUT2D eigenvalue weighted by Gasteiger charge is -2.08. The van der Waals surface area contributed by atoms with Crippen LogP contribution >= 0.6 is 0 Å². The molecule has 4 rings (SSSR count). The number of hydrogen-bond donors (Lipinski definition) is 1. The first-order chi connectivity index (χ1) is 11.6. The number of aryl methyl sites for hydroxylation is 1. The number of anilines is 1. The Hall–Kier alpha value is -2.96. The average Bonchev–Trinajstić information content (AvgIpc) is 3.18. The number of benzene rings is 1. The quantitative estimate of drug-likeness (QED) is 0.797. The standard InChI is InChI=1S/C17H15FN4O2/c1-10-15(24-17(20-10)11-5-6-11)16(23)21-14-7-8-19-22(14)13-4-2-3-12(18)9-13/h2-4,7-9,11H,5-6H2,1H3,(H,21,23). The molecule has 1 fully saturated rings. The van der Waals surface area contributed by atoms with Crippen molar-refractivity contribution >= 4 is 11.7 Å². The third kappa shape index (κ3) is 2.68. The van der Waals surface area contributed by atoms with Crippen molar-refractivity contribution in [2.24, 2.45) is 0 Å². The van der Waals surface area contributed by atoms with Crippen LogP contribution in [0.5, 0.6) is 0 Å². The molecule has 122 valence electrons. The molecule has 0 saturated heterocycles. The molecular weight excluding hydrogens is 311 g/mol. The van der Waals surface area contributed by atoms with Gasteiger partial charge in [0.25, 0.3) is 5.91 Å². The number of nitrogens with zero attached hydrogens (tertiary/aromatic N) is 3. The molecule has 0 aliphatic heterocycles. The number of halogens is 1. The Morgan fingerprint density at radius 1 is 1.38 bits per heavy atom. The second kappa shape index (κ2) is 5.59. The van der Waals surface area contributed by atoms with E-state index in [1.165, 1.54) is 23.0 Å². The van der Waals surface area contributed by atoms with Gasteiger partial charge in [-0.15, -0.1) is 0 Å². The number of carbonyl (C=O) groups excluding carboxylic acids is 1. The van der Waals surface area contributed by atoms with Crippen LogP contribution in [-0.2, 0) is 0 Å². The predicted octanol–water partition coefficient (Wildman–Crippen LogP) is 3.44. The molecule has 24 heavy (non-hydrogen) atoms. The zero-order valence-corrected chi connectivity index (χ0v) is 13.0. The molecule has 1 saturated carbocycles. The summed E-state index contributed by atoms with van der Waals surface area (Å²) in [6.45, 7) is 1.74. The van der Waals surface area contributed by atoms with Crippen LogP contribution < -0.4 is 5.32 Å². The maximum Gasteiger partial charge on any atom is 0.294 e. The summed E-state index contributed by atoms with van der Waals surface area (Å²) in [5.74, 6) is 0.808. The van der Waals surface area contributed by atoms with Crippen molar-refractivity contribution in [3.05, 3.63) is 59.7 Å². The fraction of sp³-hybridized carbons (Fsp3) is 0.235. The van der Waals surface area contributed by atoms with Gasteiger partial charge in [-0.2, -0.15) is 5.10 Å². The maximum atomic E-state index is 13.4. The molecule has 0 bridgehead atoms. The Kier molecular flexibility index (Phi) is 3.41. The van der Waals surface area contributed by atoms with Crippen molar-refractivity contribution in [1.29, 1.82) is 0 Å². The van der Waals surface area contributed by atoms with E-state index in [1.54, 1.807) is 25.1 Å². The van der Waals surface area contributed by atoms with E-state index in [0.717, 1.165) is 12.8 Å². The summed E-state index contributed by atoms with van der Waals surface area (Å²) < 4.78 is 20.5. The van der Waals surface area contributed by atoms with Gasteiger partial charge in [0, 0.05) is 12.0 Å². The van der Waals surface area contributed by atoms with Gasteiger partial charge in [0.1, 0.15) is 11.6 Å². The van der Waals surface area contributed by atoms with Crippen molar-refractivity contribution < 1.29 is 13.6 Å².